The Balaban J connectivity index is 0.000000128. The zero-order valence-corrected chi connectivity index (χ0v) is 18.8. The smallest absolute Gasteiger partial charge is 0.169 e. The van der Waals surface area contributed by atoms with Crippen molar-refractivity contribution in [3.63, 3.8) is 0 Å². The van der Waals surface area contributed by atoms with Crippen LogP contribution >= 0.6 is 46.2 Å². The van der Waals surface area contributed by atoms with Gasteiger partial charge in [0.15, 0.2) is 6.29 Å². The molecular formula is C20H20ClN3OS3. The van der Waals surface area contributed by atoms with Gasteiger partial charge in [0, 0.05) is 20.9 Å². The van der Waals surface area contributed by atoms with Crippen molar-refractivity contribution in [1.82, 2.24) is 14.7 Å². The number of carbonyl (C=O) groups is 1. The molecule has 0 amide bonds. The first-order valence-corrected chi connectivity index (χ1v) is 12.4. The molecule has 0 aliphatic heterocycles. The quantitative estimate of drug-likeness (QED) is 0.538. The summed E-state index contributed by atoms with van der Waals surface area (Å²) in [4.78, 5) is 16.4. The number of thiazole rings is 1. The van der Waals surface area contributed by atoms with Crippen molar-refractivity contribution in [2.45, 2.75) is 41.4 Å². The predicted octanol–water partition coefficient (Wildman–Crippen LogP) is 5.26. The van der Waals surface area contributed by atoms with Gasteiger partial charge >= 0.3 is 0 Å². The van der Waals surface area contributed by atoms with Crippen molar-refractivity contribution in [2.24, 2.45) is 0 Å². The molecule has 28 heavy (non-hydrogen) atoms. The topological polar surface area (TPSA) is 54.9 Å². The third kappa shape index (κ3) is 2.86. The van der Waals surface area contributed by atoms with E-state index in [1.54, 1.807) is 11.3 Å². The lowest BCUT2D eigenvalue weighted by Gasteiger charge is -2.06. The first-order chi connectivity index (χ1) is 13.5. The van der Waals surface area contributed by atoms with Gasteiger partial charge < -0.3 is 5.32 Å². The van der Waals surface area contributed by atoms with Gasteiger partial charge in [0.25, 0.3) is 0 Å². The first-order valence-electron chi connectivity index (χ1n) is 9.23. The van der Waals surface area contributed by atoms with Gasteiger partial charge in [0.05, 0.1) is 15.0 Å². The molecule has 0 radical (unpaired) electrons. The molecule has 3 aromatic rings. The molecule has 3 aliphatic carbocycles. The Kier molecular flexibility index (Phi) is 4.41. The number of halogens is 1. The number of thioether (sulfide) groups is 1. The van der Waals surface area contributed by atoms with Crippen LogP contribution in [0.4, 0.5) is 0 Å². The van der Waals surface area contributed by atoms with Crippen LogP contribution in [0, 0.1) is 0 Å². The number of hydrogen-bond acceptors (Lipinski definition) is 7. The van der Waals surface area contributed by atoms with Gasteiger partial charge in [-0.3, -0.25) is 4.79 Å². The Bertz CT molecular complexity index is 1070. The number of nitrogens with one attached hydrogen (secondary N) is 1. The molecule has 4 nitrogen and oxygen atoms in total. The molecule has 0 unspecified atom stereocenters. The van der Waals surface area contributed by atoms with E-state index >= 15 is 0 Å². The normalized spacial score (nSPS) is 28.2. The van der Waals surface area contributed by atoms with Crippen LogP contribution in [0.1, 0.15) is 46.1 Å². The monoisotopic (exact) mass is 449 g/mol. The number of hydrogen-bond donors (Lipinski definition) is 1. The number of fused-ring (bicyclic) bond motifs is 2. The van der Waals surface area contributed by atoms with Gasteiger partial charge in [-0.15, -0.1) is 11.3 Å². The molecule has 3 aliphatic rings. The fourth-order valence-corrected chi connectivity index (χ4v) is 7.49. The Morgan fingerprint density at radius 2 is 2.07 bits per heavy atom. The van der Waals surface area contributed by atoms with Crippen LogP contribution in [0.2, 0.25) is 5.02 Å². The Morgan fingerprint density at radius 3 is 2.64 bits per heavy atom. The summed E-state index contributed by atoms with van der Waals surface area (Å²) in [6, 6.07) is 7.86. The van der Waals surface area contributed by atoms with Gasteiger partial charge in [0.2, 0.25) is 0 Å². The van der Waals surface area contributed by atoms with Gasteiger partial charge in [-0.05, 0) is 74.8 Å². The largest absolute Gasteiger partial charge is 0.313 e. The van der Waals surface area contributed by atoms with Crippen LogP contribution in [-0.4, -0.2) is 34.5 Å². The van der Waals surface area contributed by atoms with E-state index < -0.39 is 0 Å². The summed E-state index contributed by atoms with van der Waals surface area (Å²) in [7, 11) is 2.05. The fourth-order valence-electron chi connectivity index (χ4n) is 3.99. The molecule has 0 atom stereocenters. The minimum Gasteiger partial charge on any atom is -0.313 e. The van der Waals surface area contributed by atoms with Gasteiger partial charge in [-0.25, -0.2) is 4.98 Å². The van der Waals surface area contributed by atoms with Crippen molar-refractivity contribution < 1.29 is 4.79 Å². The second kappa shape index (κ2) is 6.51. The average molecular weight is 450 g/mol. The Labute approximate surface area is 181 Å². The lowest BCUT2D eigenvalue weighted by atomic mass is 10.2. The summed E-state index contributed by atoms with van der Waals surface area (Å²) < 4.78 is 5.58. The molecule has 1 aromatic carbocycles. The average Bonchev–Trinajstić information content (AvgIpc) is 3.61. The SMILES string of the molecule is CNC12CC1(c1nc3ccc(Cl)cc3s1)C2.CSC1(c2cc(C=O)ns2)CC1. The molecule has 0 saturated heterocycles. The van der Waals surface area contributed by atoms with Gasteiger partial charge in [-0.1, -0.05) is 11.6 Å². The highest BCUT2D eigenvalue weighted by atomic mass is 35.5. The van der Waals surface area contributed by atoms with E-state index in [1.165, 1.54) is 51.8 Å². The van der Waals surface area contributed by atoms with Gasteiger partial charge in [0.1, 0.15) is 10.7 Å². The third-order valence-electron chi connectivity index (χ3n) is 6.30. The number of likely N-dealkylation sites (N-methyl/N-ethyl adjacent to an activating group) is 1. The van der Waals surface area contributed by atoms with Crippen LogP contribution in [0.25, 0.3) is 10.2 Å². The van der Waals surface area contributed by atoms with E-state index in [2.05, 4.69) is 23.0 Å². The summed E-state index contributed by atoms with van der Waals surface area (Å²) >= 11 is 11.1. The maximum atomic E-state index is 10.4. The lowest BCUT2D eigenvalue weighted by Crippen LogP contribution is -2.16. The Morgan fingerprint density at radius 1 is 1.29 bits per heavy atom. The summed E-state index contributed by atoms with van der Waals surface area (Å²) in [6.07, 6.45) is 7.90. The lowest BCUT2D eigenvalue weighted by molar-refractivity contribution is 0.112. The number of rotatable bonds is 5. The van der Waals surface area contributed by atoms with E-state index in [-0.39, 0.29) is 0 Å². The van der Waals surface area contributed by atoms with E-state index in [1.807, 2.05) is 36.0 Å². The molecule has 2 aromatic heterocycles. The minimum atomic E-state index is 0.318. The molecular weight excluding hydrogens is 430 g/mol. The fraction of sp³-hybridized carbons (Fsp3) is 0.450. The predicted molar refractivity (Wildman–Crippen MR) is 119 cm³/mol. The van der Waals surface area contributed by atoms with E-state index in [0.29, 0.717) is 21.4 Å². The van der Waals surface area contributed by atoms with Crippen LogP contribution in [0.5, 0.6) is 0 Å². The highest BCUT2D eigenvalue weighted by Crippen LogP contribution is 2.79. The van der Waals surface area contributed by atoms with Crippen molar-refractivity contribution in [3.05, 3.63) is 44.9 Å². The van der Waals surface area contributed by atoms with Gasteiger partial charge in [-0.2, -0.15) is 16.1 Å². The zero-order valence-electron chi connectivity index (χ0n) is 15.6. The second-order valence-corrected chi connectivity index (χ2v) is 11.3. The van der Waals surface area contributed by atoms with E-state index in [9.17, 15) is 4.79 Å². The Hall–Kier alpha value is -0.990. The van der Waals surface area contributed by atoms with Crippen molar-refractivity contribution in [2.75, 3.05) is 13.3 Å². The van der Waals surface area contributed by atoms with Crippen LogP contribution in [0.3, 0.4) is 0 Å². The van der Waals surface area contributed by atoms with Crippen molar-refractivity contribution in [1.29, 1.82) is 0 Å². The number of benzene rings is 1. The number of nitrogens with zero attached hydrogens (tertiary/aromatic N) is 2. The maximum Gasteiger partial charge on any atom is 0.169 e. The van der Waals surface area contributed by atoms with Crippen LogP contribution < -0.4 is 5.32 Å². The molecule has 3 fully saturated rings. The van der Waals surface area contributed by atoms with E-state index in [4.69, 9.17) is 16.6 Å². The number of aldehydes is 1. The molecule has 6 rings (SSSR count). The highest BCUT2D eigenvalue weighted by molar-refractivity contribution is 7.99. The number of aromatic nitrogens is 2. The number of carbonyl (C=O) groups excluding carboxylic acids is 1. The third-order valence-corrected chi connectivity index (χ3v) is 10.3. The van der Waals surface area contributed by atoms with Crippen molar-refractivity contribution >= 4 is 62.7 Å². The maximum absolute atomic E-state index is 10.4. The summed E-state index contributed by atoms with van der Waals surface area (Å²) in [5.74, 6) is 0. The molecule has 146 valence electrons. The molecule has 1 N–H and O–H groups in total. The van der Waals surface area contributed by atoms with E-state index in [0.717, 1.165) is 16.8 Å². The first kappa shape index (κ1) is 19.0. The highest BCUT2D eigenvalue weighted by Gasteiger charge is 2.84. The second-order valence-electron chi connectivity index (χ2n) is 7.83. The summed E-state index contributed by atoms with van der Waals surface area (Å²) in [5.41, 5.74) is 2.43. The molecule has 8 heteroatoms. The molecule has 3 saturated carbocycles. The standard InChI is InChI=1S/C12H11ClN2S.C8H9NOS2/c1-14-12-5-11(12,6-12)10-15-8-3-2-7(13)4-9(8)16-10;1-11-8(2-3-8)7-4-6(5-10)9-12-7/h2-4,14H,5-6H2,1H3;4-5H,2-3H2,1H3. The zero-order chi connectivity index (χ0) is 19.6. The van der Waals surface area contributed by atoms with Crippen LogP contribution in [0.15, 0.2) is 24.3 Å². The molecule has 0 bridgehead atoms. The molecule has 2 heterocycles. The summed E-state index contributed by atoms with van der Waals surface area (Å²) in [5, 5.41) is 5.51. The summed E-state index contributed by atoms with van der Waals surface area (Å²) in [6.45, 7) is 0. The van der Waals surface area contributed by atoms with Crippen LogP contribution in [-0.2, 0) is 10.2 Å². The molecule has 0 spiro atoms. The van der Waals surface area contributed by atoms with Crippen molar-refractivity contribution in [3.8, 4) is 0 Å². The minimum absolute atomic E-state index is 0.318.